The molecule has 0 atom stereocenters. The maximum Gasteiger partial charge on any atom is 0.362 e. The number of aromatic hydroxyl groups is 1. The van der Waals surface area contributed by atoms with E-state index in [-0.39, 0.29) is 49.4 Å². The average molecular weight is 682 g/mol. The molecular formula is C38H35NO11. The third-order valence-electron chi connectivity index (χ3n) is 6.92. The molecule has 5 rings (SSSR count). The second-order valence-corrected chi connectivity index (χ2v) is 10.5. The maximum absolute atomic E-state index is 13.3. The zero-order chi connectivity index (χ0) is 35.1. The smallest absolute Gasteiger partial charge is 0.362 e. The predicted octanol–water partition coefficient (Wildman–Crippen LogP) is 6.92. The van der Waals surface area contributed by atoms with Gasteiger partial charge in [0.2, 0.25) is 0 Å². The van der Waals surface area contributed by atoms with Crippen LogP contribution in [0.3, 0.4) is 0 Å². The van der Waals surface area contributed by atoms with E-state index in [1.807, 2.05) is 60.7 Å². The second-order valence-electron chi connectivity index (χ2n) is 10.5. The van der Waals surface area contributed by atoms with Gasteiger partial charge in [-0.3, -0.25) is 0 Å². The van der Waals surface area contributed by atoms with Crippen molar-refractivity contribution in [1.82, 2.24) is 0 Å². The van der Waals surface area contributed by atoms with Crippen LogP contribution < -0.4 is 29.2 Å². The number of phenolic OH excluding ortho intramolecular Hbond substituents is 1. The summed E-state index contributed by atoms with van der Waals surface area (Å²) in [7, 11) is 2.96. The molecule has 0 saturated carbocycles. The summed E-state index contributed by atoms with van der Waals surface area (Å²) in [5.74, 6) is -0.797. The molecule has 5 aromatic carbocycles. The first-order valence-corrected chi connectivity index (χ1v) is 15.3. The van der Waals surface area contributed by atoms with Gasteiger partial charge in [-0.25, -0.2) is 15.1 Å². The van der Waals surface area contributed by atoms with E-state index in [1.165, 1.54) is 50.6 Å². The first-order valence-electron chi connectivity index (χ1n) is 15.3. The standard InChI is InChI=1S/C38H35NO11/c1-43-24-47-33-18-15-30(21-36(33)48-25-44-2)39-50-38(42)29-13-16-31(40)34(19-29)49-37(41)28-14-17-32(45-22-26-9-5-3-6-10-26)35(20-28)46-23-27-11-7-4-8-12-27/h3-21,39-40H,22-25H2,1-2H3. The monoisotopic (exact) mass is 681 g/mol. The first kappa shape index (κ1) is 35.1. The van der Waals surface area contributed by atoms with Gasteiger partial charge in [-0.2, -0.15) is 0 Å². The quantitative estimate of drug-likeness (QED) is 0.0456. The first-order chi connectivity index (χ1) is 24.4. The van der Waals surface area contributed by atoms with Gasteiger partial charge in [-0.1, -0.05) is 60.7 Å². The average Bonchev–Trinajstić information content (AvgIpc) is 3.15. The highest BCUT2D eigenvalue weighted by Gasteiger charge is 2.19. The van der Waals surface area contributed by atoms with E-state index in [4.69, 9.17) is 38.0 Å². The number of hydrogen-bond donors (Lipinski definition) is 2. The Bertz CT molecular complexity index is 1870. The summed E-state index contributed by atoms with van der Waals surface area (Å²) >= 11 is 0. The lowest BCUT2D eigenvalue weighted by Crippen LogP contribution is -2.13. The molecule has 0 saturated heterocycles. The Hall–Kier alpha value is -6.24. The molecule has 0 aliphatic heterocycles. The fourth-order valence-corrected chi connectivity index (χ4v) is 4.43. The van der Waals surface area contributed by atoms with Gasteiger partial charge >= 0.3 is 11.9 Å². The van der Waals surface area contributed by atoms with Gasteiger partial charge in [0.1, 0.15) is 13.2 Å². The lowest BCUT2D eigenvalue weighted by atomic mass is 10.2. The third kappa shape index (κ3) is 9.89. The Morgan fingerprint density at radius 2 is 1.08 bits per heavy atom. The molecule has 0 unspecified atom stereocenters. The largest absolute Gasteiger partial charge is 0.504 e. The van der Waals surface area contributed by atoms with E-state index >= 15 is 0 Å². The SMILES string of the molecule is COCOc1ccc(NOC(=O)c2ccc(O)c(OC(=O)c3ccc(OCc4ccccc4)c(OCc4ccccc4)c3)c2)cc1OCOC. The molecule has 0 spiro atoms. The number of rotatable bonds is 17. The summed E-state index contributed by atoms with van der Waals surface area (Å²) in [5, 5.41) is 10.5. The molecule has 0 radical (unpaired) electrons. The number of anilines is 1. The Kier molecular flexibility index (Phi) is 12.5. The second kappa shape index (κ2) is 17.8. The van der Waals surface area contributed by atoms with Gasteiger partial charge in [-0.05, 0) is 59.7 Å². The van der Waals surface area contributed by atoms with Crippen molar-refractivity contribution in [3.05, 3.63) is 138 Å². The van der Waals surface area contributed by atoms with E-state index in [2.05, 4.69) is 5.48 Å². The molecule has 12 nitrogen and oxygen atoms in total. The predicted molar refractivity (Wildman–Crippen MR) is 182 cm³/mol. The molecule has 0 aliphatic rings. The van der Waals surface area contributed by atoms with Crippen molar-refractivity contribution in [2.75, 3.05) is 33.3 Å². The van der Waals surface area contributed by atoms with Crippen molar-refractivity contribution in [3.63, 3.8) is 0 Å². The van der Waals surface area contributed by atoms with Gasteiger partial charge in [0.25, 0.3) is 0 Å². The number of carbonyl (C=O) groups is 2. The normalized spacial score (nSPS) is 10.5. The topological polar surface area (TPSA) is 140 Å². The number of benzene rings is 5. The number of esters is 1. The van der Waals surface area contributed by atoms with Gasteiger partial charge < -0.3 is 43.1 Å². The number of phenols is 1. The van der Waals surface area contributed by atoms with Crippen molar-refractivity contribution in [1.29, 1.82) is 0 Å². The summed E-state index contributed by atoms with van der Waals surface area (Å²) in [6.07, 6.45) is 0. The highest BCUT2D eigenvalue weighted by Crippen LogP contribution is 2.33. The van der Waals surface area contributed by atoms with Gasteiger partial charge in [-0.15, -0.1) is 0 Å². The van der Waals surface area contributed by atoms with E-state index in [0.29, 0.717) is 28.7 Å². The summed E-state index contributed by atoms with van der Waals surface area (Å²) in [4.78, 5) is 31.4. The molecule has 0 fully saturated rings. The molecular weight excluding hydrogens is 646 g/mol. The molecule has 2 N–H and O–H groups in total. The minimum absolute atomic E-state index is 0.00343. The molecule has 0 bridgehead atoms. The molecule has 0 amide bonds. The van der Waals surface area contributed by atoms with Crippen molar-refractivity contribution in [2.24, 2.45) is 0 Å². The minimum Gasteiger partial charge on any atom is -0.504 e. The van der Waals surface area contributed by atoms with E-state index < -0.39 is 11.9 Å². The number of nitrogens with one attached hydrogen (secondary N) is 1. The molecule has 12 heteroatoms. The molecule has 0 heterocycles. The van der Waals surface area contributed by atoms with Crippen LogP contribution in [0.25, 0.3) is 0 Å². The van der Waals surface area contributed by atoms with Crippen LogP contribution in [0.1, 0.15) is 31.8 Å². The van der Waals surface area contributed by atoms with E-state index in [1.54, 1.807) is 18.2 Å². The highest BCUT2D eigenvalue weighted by molar-refractivity contribution is 5.94. The molecule has 5 aromatic rings. The summed E-state index contributed by atoms with van der Waals surface area (Å²) in [6.45, 7) is 0.467. The van der Waals surface area contributed by atoms with Crippen molar-refractivity contribution in [3.8, 4) is 34.5 Å². The molecule has 50 heavy (non-hydrogen) atoms. The third-order valence-corrected chi connectivity index (χ3v) is 6.92. The Morgan fingerprint density at radius 1 is 0.560 bits per heavy atom. The fourth-order valence-electron chi connectivity index (χ4n) is 4.43. The number of ether oxygens (including phenoxy) is 7. The summed E-state index contributed by atoms with van der Waals surface area (Å²) in [6, 6.07) is 32.3. The van der Waals surface area contributed by atoms with Crippen LogP contribution in [0.15, 0.2) is 115 Å². The Morgan fingerprint density at radius 3 is 1.74 bits per heavy atom. The van der Waals surface area contributed by atoms with Crippen LogP contribution in [-0.2, 0) is 27.5 Å². The summed E-state index contributed by atoms with van der Waals surface area (Å²) in [5.41, 5.74) is 4.90. The lowest BCUT2D eigenvalue weighted by molar-refractivity contribution is 0.0322. The van der Waals surface area contributed by atoms with Crippen molar-refractivity contribution >= 4 is 17.6 Å². The Labute approximate surface area is 288 Å². The zero-order valence-corrected chi connectivity index (χ0v) is 27.3. The molecule has 258 valence electrons. The number of carbonyl (C=O) groups excluding carboxylic acids is 2. The van der Waals surface area contributed by atoms with E-state index in [9.17, 15) is 14.7 Å². The van der Waals surface area contributed by atoms with Crippen molar-refractivity contribution < 1.29 is 52.7 Å². The van der Waals surface area contributed by atoms with Crippen LogP contribution in [0.4, 0.5) is 5.69 Å². The maximum atomic E-state index is 13.3. The van der Waals surface area contributed by atoms with Crippen LogP contribution >= 0.6 is 0 Å². The molecule has 0 aliphatic carbocycles. The minimum atomic E-state index is -0.821. The molecule has 0 aromatic heterocycles. The number of methoxy groups -OCH3 is 2. The summed E-state index contributed by atoms with van der Waals surface area (Å²) < 4.78 is 38.5. The number of hydrogen-bond acceptors (Lipinski definition) is 12. The Balaban J connectivity index is 1.27. The van der Waals surface area contributed by atoms with Gasteiger partial charge in [0.05, 0.1) is 16.8 Å². The van der Waals surface area contributed by atoms with Crippen LogP contribution in [0.2, 0.25) is 0 Å². The van der Waals surface area contributed by atoms with Crippen LogP contribution in [-0.4, -0.2) is 44.9 Å². The van der Waals surface area contributed by atoms with Crippen LogP contribution in [0.5, 0.6) is 34.5 Å². The zero-order valence-electron chi connectivity index (χ0n) is 27.3. The van der Waals surface area contributed by atoms with E-state index in [0.717, 1.165) is 11.1 Å². The van der Waals surface area contributed by atoms with Gasteiger partial charge in [0.15, 0.2) is 48.1 Å². The van der Waals surface area contributed by atoms with Gasteiger partial charge in [0, 0.05) is 20.3 Å². The van der Waals surface area contributed by atoms with Crippen molar-refractivity contribution in [2.45, 2.75) is 13.2 Å². The fraction of sp³-hybridized carbons (Fsp3) is 0.158. The lowest BCUT2D eigenvalue weighted by Gasteiger charge is -2.15. The van der Waals surface area contributed by atoms with Crippen LogP contribution in [0, 0.1) is 0 Å². The highest BCUT2D eigenvalue weighted by atomic mass is 16.7.